The molecule has 1 aliphatic carbocycles. The molecule has 0 saturated heterocycles. The van der Waals surface area contributed by atoms with Crippen LogP contribution in [0.2, 0.25) is 0 Å². The third-order valence-electron chi connectivity index (χ3n) is 8.74. The van der Waals surface area contributed by atoms with Gasteiger partial charge in [0.1, 0.15) is 25.2 Å². The van der Waals surface area contributed by atoms with Crippen LogP contribution in [-0.2, 0) is 25.5 Å². The van der Waals surface area contributed by atoms with Gasteiger partial charge in [0.25, 0.3) is 0 Å². The highest BCUT2D eigenvalue weighted by atomic mass is 19.1. The summed E-state index contributed by atoms with van der Waals surface area (Å²) in [7, 11) is 2.76. The topological polar surface area (TPSA) is 107 Å². The zero-order chi connectivity index (χ0) is 33.0. The molecule has 0 radical (unpaired) electrons. The maximum absolute atomic E-state index is 14.9. The van der Waals surface area contributed by atoms with Crippen molar-refractivity contribution in [3.63, 3.8) is 0 Å². The lowest BCUT2D eigenvalue weighted by Gasteiger charge is -2.38. The van der Waals surface area contributed by atoms with Crippen molar-refractivity contribution < 1.29 is 33.4 Å². The van der Waals surface area contributed by atoms with E-state index in [-0.39, 0.29) is 38.3 Å². The van der Waals surface area contributed by atoms with Crippen LogP contribution in [0.4, 0.5) is 9.18 Å². The largest absolute Gasteiger partial charge is 0.480 e. The molecule has 0 aromatic heterocycles. The van der Waals surface area contributed by atoms with E-state index in [1.165, 1.54) is 25.1 Å². The Kier molecular flexibility index (Phi) is 9.84. The summed E-state index contributed by atoms with van der Waals surface area (Å²) in [6.07, 6.45) is 0.443. The Labute approximate surface area is 267 Å². The first-order chi connectivity index (χ1) is 22.0. The van der Waals surface area contributed by atoms with Gasteiger partial charge in [0.15, 0.2) is 0 Å². The molecule has 1 aliphatic heterocycles. The molecule has 3 amide bonds. The van der Waals surface area contributed by atoms with Gasteiger partial charge >= 0.3 is 12.1 Å². The number of carbonyl (C=O) groups excluding carboxylic acids is 3. The van der Waals surface area contributed by atoms with E-state index < -0.39 is 48.3 Å². The highest BCUT2D eigenvalue weighted by Crippen LogP contribution is 2.44. The van der Waals surface area contributed by atoms with E-state index in [2.05, 4.69) is 0 Å². The van der Waals surface area contributed by atoms with Gasteiger partial charge in [0.2, 0.25) is 11.8 Å². The average molecular weight is 628 g/mol. The van der Waals surface area contributed by atoms with Crippen LogP contribution in [0.5, 0.6) is 0 Å². The maximum atomic E-state index is 14.9. The number of amides is 3. The van der Waals surface area contributed by atoms with E-state index >= 15 is 0 Å². The number of hydrogen-bond donors (Lipinski definition) is 1. The lowest BCUT2D eigenvalue weighted by molar-refractivity contribution is -0.150. The predicted molar refractivity (Wildman–Crippen MR) is 171 cm³/mol. The molecule has 2 atom stereocenters. The first kappa shape index (κ1) is 32.4. The smallest absolute Gasteiger partial charge is 0.410 e. The highest BCUT2D eigenvalue weighted by Gasteiger charge is 2.40. The fraction of sp³-hybridized carbons (Fsp3) is 0.333. The van der Waals surface area contributed by atoms with E-state index in [1.807, 2.05) is 79.7 Å². The van der Waals surface area contributed by atoms with Crippen LogP contribution in [-0.4, -0.2) is 89.6 Å². The molecule has 3 aromatic carbocycles. The van der Waals surface area contributed by atoms with E-state index in [9.17, 15) is 28.7 Å². The van der Waals surface area contributed by atoms with Crippen LogP contribution in [0.25, 0.3) is 11.1 Å². The van der Waals surface area contributed by atoms with Crippen LogP contribution in [0.3, 0.4) is 0 Å². The Hall–Kier alpha value is -4.99. The summed E-state index contributed by atoms with van der Waals surface area (Å²) < 4.78 is 20.7. The van der Waals surface area contributed by atoms with Crippen molar-refractivity contribution in [2.24, 2.45) is 0 Å². The molecule has 0 bridgehead atoms. The Morgan fingerprint density at radius 3 is 2.20 bits per heavy atom. The number of hydrogen-bond acceptors (Lipinski definition) is 5. The number of halogens is 1. The molecule has 1 N–H and O–H groups in total. The van der Waals surface area contributed by atoms with Gasteiger partial charge in [-0.15, -0.1) is 0 Å². The minimum absolute atomic E-state index is 0.00443. The second kappa shape index (κ2) is 14.0. The van der Waals surface area contributed by atoms with E-state index in [4.69, 9.17) is 4.74 Å². The number of nitrogens with zero attached hydrogens (tertiary/aromatic N) is 3. The van der Waals surface area contributed by atoms with Gasteiger partial charge in [-0.2, -0.15) is 0 Å². The normalized spacial score (nSPS) is 17.9. The third-order valence-corrected chi connectivity index (χ3v) is 8.74. The van der Waals surface area contributed by atoms with Crippen molar-refractivity contribution in [2.75, 3.05) is 33.8 Å². The highest BCUT2D eigenvalue weighted by molar-refractivity contribution is 5.93. The van der Waals surface area contributed by atoms with Crippen LogP contribution >= 0.6 is 0 Å². The number of carboxylic acids is 1. The molecular weight excluding hydrogens is 589 g/mol. The van der Waals surface area contributed by atoms with Crippen molar-refractivity contribution in [2.45, 2.75) is 44.2 Å². The van der Waals surface area contributed by atoms with Crippen LogP contribution in [0.1, 0.15) is 41.0 Å². The summed E-state index contributed by atoms with van der Waals surface area (Å²) >= 11 is 0. The summed E-state index contributed by atoms with van der Waals surface area (Å²) in [5.74, 6) is -3.12. The first-order valence-corrected chi connectivity index (χ1v) is 15.3. The van der Waals surface area contributed by atoms with E-state index in [0.717, 1.165) is 43.2 Å². The number of ether oxygens (including phenoxy) is 1. The summed E-state index contributed by atoms with van der Waals surface area (Å²) in [5.41, 5.74) is 5.99. The zero-order valence-corrected chi connectivity index (χ0v) is 26.2. The number of likely N-dealkylation sites (N-methyl/N-ethyl adjacent to an activating group) is 2. The molecule has 3 aromatic rings. The van der Waals surface area contributed by atoms with Crippen molar-refractivity contribution >= 4 is 23.9 Å². The van der Waals surface area contributed by atoms with Gasteiger partial charge in [0.05, 0.1) is 5.83 Å². The van der Waals surface area contributed by atoms with Crippen molar-refractivity contribution in [3.05, 3.63) is 107 Å². The minimum Gasteiger partial charge on any atom is -0.480 e. The SMILES string of the molecule is Cc1ccc(C[C@@H](C(=O)N(C)CC(=O)O)N2CC/C=C(/F)C[C@H](N(C)C(=O)OCC3c4ccccc4-c4ccccc43)C2=O)cc1. The van der Waals surface area contributed by atoms with Gasteiger partial charge in [-0.25, -0.2) is 9.18 Å². The molecule has 0 spiro atoms. The Bertz CT molecular complexity index is 1610. The summed E-state index contributed by atoms with van der Waals surface area (Å²) in [4.78, 5) is 56.3. The molecule has 240 valence electrons. The van der Waals surface area contributed by atoms with Crippen molar-refractivity contribution in [3.8, 4) is 11.1 Å². The molecular formula is C36H38FN3O6. The number of carbonyl (C=O) groups is 4. The number of benzene rings is 3. The third kappa shape index (κ3) is 6.96. The number of fused-ring (bicyclic) bond motifs is 3. The second-order valence-corrected chi connectivity index (χ2v) is 11.9. The average Bonchev–Trinajstić information content (AvgIpc) is 3.36. The maximum Gasteiger partial charge on any atom is 0.410 e. The Morgan fingerprint density at radius 1 is 0.978 bits per heavy atom. The second-order valence-electron chi connectivity index (χ2n) is 11.9. The van der Waals surface area contributed by atoms with Crippen LogP contribution in [0, 0.1) is 6.92 Å². The molecule has 2 aliphatic rings. The van der Waals surface area contributed by atoms with Gasteiger partial charge in [-0.3, -0.25) is 19.3 Å². The molecule has 0 unspecified atom stereocenters. The molecule has 1 heterocycles. The molecule has 5 rings (SSSR count). The molecule has 10 heteroatoms. The fourth-order valence-corrected chi connectivity index (χ4v) is 6.27. The molecule has 0 saturated carbocycles. The molecule has 9 nitrogen and oxygen atoms in total. The van der Waals surface area contributed by atoms with Crippen LogP contribution < -0.4 is 0 Å². The van der Waals surface area contributed by atoms with Gasteiger partial charge < -0.3 is 19.6 Å². The lowest BCUT2D eigenvalue weighted by Crippen LogP contribution is -2.58. The summed E-state index contributed by atoms with van der Waals surface area (Å²) in [6.45, 7) is 1.40. The Balaban J connectivity index is 1.38. The lowest BCUT2D eigenvalue weighted by atomic mass is 9.98. The predicted octanol–water partition coefficient (Wildman–Crippen LogP) is 5.17. The number of rotatable bonds is 9. The van der Waals surface area contributed by atoms with Crippen molar-refractivity contribution in [1.29, 1.82) is 0 Å². The van der Waals surface area contributed by atoms with E-state index in [0.29, 0.717) is 0 Å². The summed E-state index contributed by atoms with van der Waals surface area (Å²) in [6, 6.07) is 21.0. The first-order valence-electron chi connectivity index (χ1n) is 15.3. The van der Waals surface area contributed by atoms with Crippen LogP contribution in [0.15, 0.2) is 84.7 Å². The fourth-order valence-electron chi connectivity index (χ4n) is 6.27. The molecule has 0 fully saturated rings. The standard InChI is InChI=1S/C36H38FN3O6/c1-23-14-16-24(17-15-23)19-32(34(43)38(2)21-33(41)42)40-18-8-9-25(37)20-31(35(40)44)39(3)36(45)46-22-30-28-12-6-4-10-26(28)27-11-5-7-13-29(27)30/h4-7,9-17,30-32H,8,18-22H2,1-3H3,(H,41,42)/b25-9+/t31-,32-/m0/s1. The molecule has 46 heavy (non-hydrogen) atoms. The van der Waals surface area contributed by atoms with Gasteiger partial charge in [-0.05, 0) is 41.2 Å². The van der Waals surface area contributed by atoms with Gasteiger partial charge in [-0.1, -0.05) is 84.4 Å². The van der Waals surface area contributed by atoms with Crippen molar-refractivity contribution in [1.82, 2.24) is 14.7 Å². The number of aryl methyl sites for hydroxylation is 1. The minimum atomic E-state index is -1.29. The zero-order valence-electron chi connectivity index (χ0n) is 26.2. The Morgan fingerprint density at radius 2 is 1.59 bits per heavy atom. The van der Waals surface area contributed by atoms with Gasteiger partial charge in [0, 0.05) is 39.4 Å². The number of aliphatic carboxylic acids is 1. The quantitative estimate of drug-likeness (QED) is 0.351. The summed E-state index contributed by atoms with van der Waals surface area (Å²) in [5, 5.41) is 9.34. The number of carboxylic acid groups (broad SMARTS) is 1. The monoisotopic (exact) mass is 627 g/mol. The van der Waals surface area contributed by atoms with E-state index in [1.54, 1.807) is 0 Å².